The summed E-state index contributed by atoms with van der Waals surface area (Å²) >= 11 is 0. The fourth-order valence-electron chi connectivity index (χ4n) is 3.61. The normalized spacial score (nSPS) is 11.9. The lowest BCUT2D eigenvalue weighted by molar-refractivity contribution is -0.137. The fraction of sp³-hybridized carbons (Fsp3) is 0.455. The molecular formula is C22H28N4O4. The highest BCUT2D eigenvalue weighted by Crippen LogP contribution is 2.25. The van der Waals surface area contributed by atoms with Gasteiger partial charge in [-0.3, -0.25) is 18.7 Å². The van der Waals surface area contributed by atoms with E-state index in [0.29, 0.717) is 24.3 Å². The van der Waals surface area contributed by atoms with Crippen molar-refractivity contribution in [2.24, 2.45) is 0 Å². The van der Waals surface area contributed by atoms with Crippen LogP contribution in [0, 0.1) is 0 Å². The molecule has 8 heteroatoms. The summed E-state index contributed by atoms with van der Waals surface area (Å²) in [6, 6.07) is 9.75. The van der Waals surface area contributed by atoms with Gasteiger partial charge in [0, 0.05) is 25.0 Å². The first-order valence-electron chi connectivity index (χ1n) is 10.1. The first-order valence-corrected chi connectivity index (χ1v) is 10.1. The Kier molecular flexibility index (Phi) is 5.96. The molecule has 0 amide bonds. The van der Waals surface area contributed by atoms with Crippen LogP contribution in [-0.4, -0.2) is 29.8 Å². The van der Waals surface area contributed by atoms with Gasteiger partial charge in [0.2, 0.25) is 0 Å². The van der Waals surface area contributed by atoms with E-state index in [4.69, 9.17) is 10.1 Å². The lowest BCUT2D eigenvalue weighted by atomic mass is 9.95. The smallest absolute Gasteiger partial charge is 0.332 e. The number of fused-ring (bicyclic) bond motifs is 1. The van der Waals surface area contributed by atoms with E-state index in [1.54, 1.807) is 0 Å². The standard InChI is InChI=1S/C22H28N4O4/c1-5-12-25-19(29)17-18(24(21(25)30)13-11-16(27)28)23-20(22(2,3)4)26(17)14-15-9-7-6-8-10-15/h6-10H,5,11-14H2,1-4H3,(H,27,28). The zero-order chi connectivity index (χ0) is 22.1. The van der Waals surface area contributed by atoms with Crippen molar-refractivity contribution >= 4 is 17.1 Å². The Morgan fingerprint density at radius 2 is 1.70 bits per heavy atom. The average molecular weight is 412 g/mol. The minimum absolute atomic E-state index is 0.0411. The lowest BCUT2D eigenvalue weighted by Crippen LogP contribution is -2.41. The van der Waals surface area contributed by atoms with Crippen molar-refractivity contribution in [3.8, 4) is 0 Å². The van der Waals surface area contributed by atoms with Crippen LogP contribution in [0.3, 0.4) is 0 Å². The molecule has 0 unspecified atom stereocenters. The van der Waals surface area contributed by atoms with Crippen molar-refractivity contribution in [3.05, 3.63) is 62.6 Å². The van der Waals surface area contributed by atoms with Crippen molar-refractivity contribution in [2.75, 3.05) is 0 Å². The summed E-state index contributed by atoms with van der Waals surface area (Å²) in [4.78, 5) is 42.2. The number of carbonyl (C=O) groups is 1. The Hall–Kier alpha value is -3.16. The van der Waals surface area contributed by atoms with Gasteiger partial charge in [0.25, 0.3) is 5.56 Å². The molecular weight excluding hydrogens is 384 g/mol. The fourth-order valence-corrected chi connectivity index (χ4v) is 3.61. The van der Waals surface area contributed by atoms with Crippen LogP contribution in [0.4, 0.5) is 0 Å². The number of nitrogens with zero attached hydrogens (tertiary/aromatic N) is 4. The molecule has 0 saturated heterocycles. The van der Waals surface area contributed by atoms with E-state index in [0.717, 1.165) is 5.56 Å². The van der Waals surface area contributed by atoms with Gasteiger partial charge in [-0.05, 0) is 12.0 Å². The van der Waals surface area contributed by atoms with Crippen LogP contribution < -0.4 is 11.2 Å². The Morgan fingerprint density at radius 1 is 1.03 bits per heavy atom. The predicted octanol–water partition coefficient (Wildman–Crippen LogP) is 2.59. The van der Waals surface area contributed by atoms with Crippen molar-refractivity contribution in [1.82, 2.24) is 18.7 Å². The molecule has 0 atom stereocenters. The maximum absolute atomic E-state index is 13.4. The van der Waals surface area contributed by atoms with Gasteiger partial charge in [0.1, 0.15) is 5.82 Å². The number of rotatable bonds is 7. The number of benzene rings is 1. The molecule has 0 aliphatic heterocycles. The van der Waals surface area contributed by atoms with Gasteiger partial charge in [-0.2, -0.15) is 0 Å². The molecule has 0 saturated carbocycles. The van der Waals surface area contributed by atoms with Gasteiger partial charge in [0.15, 0.2) is 11.2 Å². The molecule has 0 bridgehead atoms. The van der Waals surface area contributed by atoms with Gasteiger partial charge in [-0.25, -0.2) is 9.78 Å². The van der Waals surface area contributed by atoms with Crippen LogP contribution in [0.2, 0.25) is 0 Å². The van der Waals surface area contributed by atoms with Crippen molar-refractivity contribution in [1.29, 1.82) is 0 Å². The van der Waals surface area contributed by atoms with Gasteiger partial charge < -0.3 is 9.67 Å². The lowest BCUT2D eigenvalue weighted by Gasteiger charge is -2.20. The number of carboxylic acids is 1. The maximum atomic E-state index is 13.4. The molecule has 160 valence electrons. The van der Waals surface area contributed by atoms with Crippen molar-refractivity contribution < 1.29 is 9.90 Å². The molecule has 8 nitrogen and oxygen atoms in total. The minimum atomic E-state index is -1.01. The molecule has 0 radical (unpaired) electrons. The first kappa shape index (κ1) is 21.5. The second-order valence-corrected chi connectivity index (χ2v) is 8.46. The van der Waals surface area contributed by atoms with E-state index in [9.17, 15) is 14.4 Å². The number of aliphatic carboxylic acids is 1. The molecule has 1 N–H and O–H groups in total. The highest BCUT2D eigenvalue weighted by atomic mass is 16.4. The number of aromatic nitrogens is 4. The zero-order valence-corrected chi connectivity index (χ0v) is 17.9. The van der Waals surface area contributed by atoms with E-state index < -0.39 is 11.7 Å². The molecule has 0 aliphatic carbocycles. The molecule has 30 heavy (non-hydrogen) atoms. The first-order chi connectivity index (χ1) is 14.1. The van der Waals surface area contributed by atoms with Crippen LogP contribution in [0.5, 0.6) is 0 Å². The monoisotopic (exact) mass is 412 g/mol. The number of imidazole rings is 1. The summed E-state index contributed by atoms with van der Waals surface area (Å²) in [6.07, 6.45) is 0.383. The van der Waals surface area contributed by atoms with Crippen LogP contribution in [0.1, 0.15) is 51.9 Å². The van der Waals surface area contributed by atoms with Crippen molar-refractivity contribution in [2.45, 2.75) is 65.6 Å². The Bertz CT molecular complexity index is 1180. The SMILES string of the molecule is CCCn1c(=O)c2c(nc(C(C)(C)C)n2Cc2ccccc2)n(CCC(=O)O)c1=O. The quantitative estimate of drug-likeness (QED) is 0.643. The maximum Gasteiger partial charge on any atom is 0.332 e. The van der Waals surface area contributed by atoms with Crippen LogP contribution in [0.15, 0.2) is 39.9 Å². The number of carboxylic acid groups (broad SMARTS) is 1. The topological polar surface area (TPSA) is 99.1 Å². The zero-order valence-electron chi connectivity index (χ0n) is 17.9. The number of hydrogen-bond acceptors (Lipinski definition) is 4. The second-order valence-electron chi connectivity index (χ2n) is 8.46. The van der Waals surface area contributed by atoms with Crippen LogP contribution in [0.25, 0.3) is 11.2 Å². The summed E-state index contributed by atoms with van der Waals surface area (Å²) in [5.74, 6) is -0.334. The largest absolute Gasteiger partial charge is 0.481 e. The van der Waals surface area contributed by atoms with E-state index in [-0.39, 0.29) is 36.1 Å². The van der Waals surface area contributed by atoms with Gasteiger partial charge in [0.05, 0.1) is 6.42 Å². The number of aryl methyl sites for hydroxylation is 1. The van der Waals surface area contributed by atoms with Crippen LogP contribution >= 0.6 is 0 Å². The summed E-state index contributed by atoms with van der Waals surface area (Å²) in [5.41, 5.74) is 0.306. The van der Waals surface area contributed by atoms with Crippen molar-refractivity contribution in [3.63, 3.8) is 0 Å². The third-order valence-electron chi connectivity index (χ3n) is 4.97. The van der Waals surface area contributed by atoms with E-state index in [2.05, 4.69) is 0 Å². The van der Waals surface area contributed by atoms with E-state index in [1.807, 2.05) is 62.6 Å². The molecule has 0 spiro atoms. The Morgan fingerprint density at radius 3 is 2.27 bits per heavy atom. The van der Waals surface area contributed by atoms with E-state index in [1.165, 1.54) is 9.13 Å². The van der Waals surface area contributed by atoms with Gasteiger partial charge >= 0.3 is 11.7 Å². The summed E-state index contributed by atoms with van der Waals surface area (Å²) in [6.45, 7) is 8.55. The molecule has 2 aromatic heterocycles. The molecule has 3 rings (SSSR count). The predicted molar refractivity (Wildman–Crippen MR) is 115 cm³/mol. The average Bonchev–Trinajstić information content (AvgIpc) is 3.05. The second kappa shape index (κ2) is 8.30. The summed E-state index contributed by atoms with van der Waals surface area (Å²) < 4.78 is 4.40. The van der Waals surface area contributed by atoms with Gasteiger partial charge in [-0.15, -0.1) is 0 Å². The highest BCUT2D eigenvalue weighted by Gasteiger charge is 2.27. The highest BCUT2D eigenvalue weighted by molar-refractivity contribution is 5.72. The Balaban J connectivity index is 2.38. The summed E-state index contributed by atoms with van der Waals surface area (Å²) in [5, 5.41) is 9.14. The Labute approximate surface area is 174 Å². The molecule has 1 aromatic carbocycles. The van der Waals surface area contributed by atoms with E-state index >= 15 is 0 Å². The number of hydrogen-bond donors (Lipinski definition) is 1. The van der Waals surface area contributed by atoms with Gasteiger partial charge in [-0.1, -0.05) is 58.0 Å². The third-order valence-corrected chi connectivity index (χ3v) is 4.97. The van der Waals surface area contributed by atoms with Crippen LogP contribution in [-0.2, 0) is 29.8 Å². The molecule has 3 aromatic rings. The molecule has 0 fully saturated rings. The summed E-state index contributed by atoms with van der Waals surface area (Å²) in [7, 11) is 0. The molecule has 2 heterocycles. The minimum Gasteiger partial charge on any atom is -0.481 e. The molecule has 0 aliphatic rings. The third kappa shape index (κ3) is 4.08.